The first kappa shape index (κ1) is 14.8. The van der Waals surface area contributed by atoms with Crippen LogP contribution in [0.2, 0.25) is 5.02 Å². The summed E-state index contributed by atoms with van der Waals surface area (Å²) < 4.78 is 0. The molecule has 1 unspecified atom stereocenters. The molecule has 6 heteroatoms. The number of nitrogen functional groups attached to an aromatic ring is 1. The van der Waals surface area contributed by atoms with Gasteiger partial charge in [0, 0.05) is 12.2 Å². The molecule has 0 aliphatic carbocycles. The first-order valence-electron chi connectivity index (χ1n) is 5.60. The number of nitrogens with one attached hydrogen (secondary N) is 1. The highest BCUT2D eigenvalue weighted by Crippen LogP contribution is 2.23. The van der Waals surface area contributed by atoms with Gasteiger partial charge in [-0.05, 0) is 32.2 Å². The van der Waals surface area contributed by atoms with Crippen LogP contribution in [0.15, 0.2) is 18.2 Å². The highest BCUT2D eigenvalue weighted by atomic mass is 35.5. The topological polar surface area (TPSA) is 78.6 Å². The molecule has 0 aromatic heterocycles. The van der Waals surface area contributed by atoms with E-state index in [-0.39, 0.29) is 12.5 Å². The number of aliphatic hydroxyl groups excluding tert-OH is 1. The Morgan fingerprint density at radius 2 is 2.28 bits per heavy atom. The molecule has 0 radical (unpaired) electrons. The Balaban J connectivity index is 2.56. The maximum atomic E-state index is 11.7. The number of nitrogens with two attached hydrogens (primary N) is 1. The van der Waals surface area contributed by atoms with Crippen molar-refractivity contribution in [1.82, 2.24) is 4.90 Å². The molecule has 1 amide bonds. The molecule has 0 aliphatic rings. The number of halogens is 1. The van der Waals surface area contributed by atoms with Crippen molar-refractivity contribution in [3.8, 4) is 0 Å². The number of carbonyl (C=O) groups excluding carboxylic acids is 1. The minimum atomic E-state index is -0.473. The third-order valence-electron chi connectivity index (χ3n) is 2.25. The summed E-state index contributed by atoms with van der Waals surface area (Å²) in [5, 5.41) is 12.3. The molecule has 0 fully saturated rings. The van der Waals surface area contributed by atoms with E-state index in [9.17, 15) is 9.90 Å². The Labute approximate surface area is 112 Å². The molecule has 4 N–H and O–H groups in total. The van der Waals surface area contributed by atoms with Crippen LogP contribution in [0, 0.1) is 0 Å². The third kappa shape index (κ3) is 4.91. The second kappa shape index (κ2) is 6.58. The molecule has 0 saturated carbocycles. The minimum absolute atomic E-state index is 0.177. The second-order valence-electron chi connectivity index (χ2n) is 4.33. The van der Waals surface area contributed by atoms with Crippen LogP contribution >= 0.6 is 11.6 Å². The fraction of sp³-hybridized carbons (Fsp3) is 0.417. The van der Waals surface area contributed by atoms with Crippen LogP contribution in [0.1, 0.15) is 6.92 Å². The van der Waals surface area contributed by atoms with Gasteiger partial charge in [0.15, 0.2) is 0 Å². The molecule has 0 bridgehead atoms. The van der Waals surface area contributed by atoms with Crippen molar-refractivity contribution in [3.63, 3.8) is 0 Å². The van der Waals surface area contributed by atoms with Gasteiger partial charge in [-0.1, -0.05) is 11.6 Å². The van der Waals surface area contributed by atoms with E-state index in [2.05, 4.69) is 5.32 Å². The predicted molar refractivity (Wildman–Crippen MR) is 73.7 cm³/mol. The molecule has 18 heavy (non-hydrogen) atoms. The summed E-state index contributed by atoms with van der Waals surface area (Å²) in [6, 6.07) is 4.90. The number of hydrogen-bond donors (Lipinski definition) is 3. The monoisotopic (exact) mass is 271 g/mol. The summed E-state index contributed by atoms with van der Waals surface area (Å²) in [6.07, 6.45) is -0.473. The van der Waals surface area contributed by atoms with Gasteiger partial charge in [0.05, 0.1) is 23.4 Å². The fourth-order valence-corrected chi connectivity index (χ4v) is 1.75. The van der Waals surface area contributed by atoms with Crippen LogP contribution in [0.5, 0.6) is 0 Å². The number of anilines is 2. The largest absolute Gasteiger partial charge is 0.399 e. The average molecular weight is 272 g/mol. The summed E-state index contributed by atoms with van der Waals surface area (Å²) >= 11 is 5.94. The smallest absolute Gasteiger partial charge is 0.238 e. The van der Waals surface area contributed by atoms with Crippen molar-refractivity contribution in [2.24, 2.45) is 0 Å². The van der Waals surface area contributed by atoms with Crippen LogP contribution in [0.25, 0.3) is 0 Å². The third-order valence-corrected chi connectivity index (χ3v) is 2.58. The van der Waals surface area contributed by atoms with Crippen molar-refractivity contribution in [2.75, 3.05) is 31.2 Å². The molecule has 0 saturated heterocycles. The lowest BCUT2D eigenvalue weighted by atomic mass is 10.3. The zero-order valence-corrected chi connectivity index (χ0v) is 11.2. The van der Waals surface area contributed by atoms with Crippen LogP contribution in [0.3, 0.4) is 0 Å². The number of aliphatic hydroxyl groups is 1. The fourth-order valence-electron chi connectivity index (χ4n) is 1.59. The maximum Gasteiger partial charge on any atom is 0.238 e. The van der Waals surface area contributed by atoms with Crippen molar-refractivity contribution in [1.29, 1.82) is 0 Å². The van der Waals surface area contributed by atoms with Crippen LogP contribution in [0.4, 0.5) is 11.4 Å². The van der Waals surface area contributed by atoms with E-state index in [0.717, 1.165) is 0 Å². The molecule has 1 aromatic rings. The number of benzene rings is 1. The van der Waals surface area contributed by atoms with Gasteiger partial charge < -0.3 is 16.2 Å². The Kier molecular flexibility index (Phi) is 5.40. The van der Waals surface area contributed by atoms with E-state index in [0.29, 0.717) is 22.9 Å². The zero-order chi connectivity index (χ0) is 13.7. The number of likely N-dealkylation sites (N-methyl/N-ethyl adjacent to an activating group) is 1. The van der Waals surface area contributed by atoms with Crippen molar-refractivity contribution in [3.05, 3.63) is 23.2 Å². The normalized spacial score (nSPS) is 12.5. The van der Waals surface area contributed by atoms with Gasteiger partial charge >= 0.3 is 0 Å². The summed E-state index contributed by atoms with van der Waals surface area (Å²) in [6.45, 7) is 2.28. The molecule has 1 rings (SSSR count). The SMILES string of the molecule is CC(O)CN(C)CC(=O)Nc1cc(N)ccc1Cl. The van der Waals surface area contributed by atoms with E-state index >= 15 is 0 Å². The molecular weight excluding hydrogens is 254 g/mol. The van der Waals surface area contributed by atoms with Crippen molar-refractivity contribution < 1.29 is 9.90 Å². The van der Waals surface area contributed by atoms with E-state index in [1.165, 1.54) is 0 Å². The van der Waals surface area contributed by atoms with E-state index < -0.39 is 6.10 Å². The van der Waals surface area contributed by atoms with E-state index in [1.807, 2.05) is 0 Å². The van der Waals surface area contributed by atoms with Crippen LogP contribution in [-0.4, -0.2) is 42.2 Å². The number of carbonyl (C=O) groups is 1. The second-order valence-corrected chi connectivity index (χ2v) is 4.74. The van der Waals surface area contributed by atoms with Gasteiger partial charge in [-0.25, -0.2) is 0 Å². The van der Waals surface area contributed by atoms with Crippen LogP contribution in [-0.2, 0) is 4.79 Å². The lowest BCUT2D eigenvalue weighted by Crippen LogP contribution is -2.34. The molecule has 0 spiro atoms. The average Bonchev–Trinajstić information content (AvgIpc) is 2.21. The summed E-state index contributed by atoms with van der Waals surface area (Å²) in [5.41, 5.74) is 6.64. The zero-order valence-electron chi connectivity index (χ0n) is 10.5. The van der Waals surface area contributed by atoms with E-state index in [4.69, 9.17) is 17.3 Å². The van der Waals surface area contributed by atoms with Gasteiger partial charge in [-0.15, -0.1) is 0 Å². The van der Waals surface area contributed by atoms with Gasteiger partial charge in [-0.3, -0.25) is 9.69 Å². The minimum Gasteiger partial charge on any atom is -0.399 e. The summed E-state index contributed by atoms with van der Waals surface area (Å²) in [7, 11) is 1.76. The maximum absolute atomic E-state index is 11.7. The van der Waals surface area contributed by atoms with Crippen molar-refractivity contribution >= 4 is 28.9 Å². The number of nitrogens with zero attached hydrogens (tertiary/aromatic N) is 1. The van der Waals surface area contributed by atoms with Gasteiger partial charge in [0.2, 0.25) is 5.91 Å². The Hall–Kier alpha value is -1.30. The molecule has 0 aliphatic heterocycles. The highest BCUT2D eigenvalue weighted by Gasteiger charge is 2.10. The predicted octanol–water partition coefficient (Wildman–Crippen LogP) is 1.17. The first-order chi connectivity index (χ1) is 8.38. The standard InChI is InChI=1S/C12H18ClN3O2/c1-8(17)6-16(2)7-12(18)15-11-5-9(14)3-4-10(11)13/h3-5,8,17H,6-7,14H2,1-2H3,(H,15,18). The Morgan fingerprint density at radius 1 is 1.61 bits per heavy atom. The molecule has 1 atom stereocenters. The van der Waals surface area contributed by atoms with Gasteiger partial charge in [-0.2, -0.15) is 0 Å². The number of rotatable bonds is 5. The number of amides is 1. The van der Waals surface area contributed by atoms with Gasteiger partial charge in [0.1, 0.15) is 0 Å². The quantitative estimate of drug-likeness (QED) is 0.703. The molecular formula is C12H18ClN3O2. The Morgan fingerprint density at radius 3 is 2.89 bits per heavy atom. The molecule has 1 aromatic carbocycles. The lowest BCUT2D eigenvalue weighted by molar-refractivity contribution is -0.117. The molecule has 5 nitrogen and oxygen atoms in total. The molecule has 0 heterocycles. The first-order valence-corrected chi connectivity index (χ1v) is 5.97. The van der Waals surface area contributed by atoms with Crippen molar-refractivity contribution in [2.45, 2.75) is 13.0 Å². The Bertz CT molecular complexity index is 424. The number of hydrogen-bond acceptors (Lipinski definition) is 4. The van der Waals surface area contributed by atoms with Gasteiger partial charge in [0.25, 0.3) is 0 Å². The van der Waals surface area contributed by atoms with Crippen LogP contribution < -0.4 is 11.1 Å². The molecule has 100 valence electrons. The lowest BCUT2D eigenvalue weighted by Gasteiger charge is -2.18. The summed E-state index contributed by atoms with van der Waals surface area (Å²) in [5.74, 6) is -0.203. The highest BCUT2D eigenvalue weighted by molar-refractivity contribution is 6.33. The summed E-state index contributed by atoms with van der Waals surface area (Å²) in [4.78, 5) is 13.5. The van der Waals surface area contributed by atoms with E-state index in [1.54, 1.807) is 37.1 Å².